The molecule has 114 valence electrons. The number of aliphatic carboxylic acids is 1. The summed E-state index contributed by atoms with van der Waals surface area (Å²) in [4.78, 5) is 22.5. The Morgan fingerprint density at radius 1 is 1.04 bits per heavy atom. The van der Waals surface area contributed by atoms with Gasteiger partial charge in [0.15, 0.2) is 0 Å². The van der Waals surface area contributed by atoms with E-state index < -0.39 is 11.9 Å². The largest absolute Gasteiger partial charge is 0.478 e. The fraction of sp³-hybridized carbons (Fsp3) is 0.0526. The summed E-state index contributed by atoms with van der Waals surface area (Å²) in [7, 11) is 0. The Labute approximate surface area is 134 Å². The van der Waals surface area contributed by atoms with E-state index in [9.17, 15) is 9.59 Å². The van der Waals surface area contributed by atoms with Gasteiger partial charge in [-0.05, 0) is 55.0 Å². The molecule has 0 spiro atoms. The van der Waals surface area contributed by atoms with Gasteiger partial charge in [-0.15, -0.1) is 5.92 Å². The second kappa shape index (κ2) is 7.62. The van der Waals surface area contributed by atoms with Gasteiger partial charge in [-0.2, -0.15) is 0 Å². The molecule has 0 saturated heterocycles. The number of rotatable bonds is 4. The van der Waals surface area contributed by atoms with Crippen LogP contribution >= 0.6 is 0 Å². The van der Waals surface area contributed by atoms with Crippen LogP contribution in [0.3, 0.4) is 0 Å². The van der Waals surface area contributed by atoms with Crippen molar-refractivity contribution in [3.8, 4) is 17.6 Å². The van der Waals surface area contributed by atoms with E-state index in [1.807, 2.05) is 0 Å². The zero-order valence-corrected chi connectivity index (χ0v) is 12.4. The number of carboxylic acids is 1. The highest BCUT2D eigenvalue weighted by molar-refractivity contribution is 5.91. The van der Waals surface area contributed by atoms with Crippen molar-refractivity contribution in [1.29, 1.82) is 0 Å². The molecule has 0 aliphatic rings. The van der Waals surface area contributed by atoms with Crippen LogP contribution in [0.2, 0.25) is 0 Å². The summed E-state index contributed by atoms with van der Waals surface area (Å²) in [5, 5.41) is 8.56. The van der Waals surface area contributed by atoms with E-state index >= 15 is 0 Å². The van der Waals surface area contributed by atoms with Crippen LogP contribution in [0.25, 0.3) is 6.08 Å². The van der Waals surface area contributed by atoms with Crippen LogP contribution in [0.4, 0.5) is 0 Å². The van der Waals surface area contributed by atoms with Gasteiger partial charge >= 0.3 is 11.9 Å². The van der Waals surface area contributed by atoms with Crippen molar-refractivity contribution in [2.45, 2.75) is 6.92 Å². The number of benzene rings is 2. The maximum Gasteiger partial charge on any atom is 0.343 e. The summed E-state index contributed by atoms with van der Waals surface area (Å²) < 4.78 is 5.27. The topological polar surface area (TPSA) is 63.6 Å². The number of carboxylic acid groups (broad SMARTS) is 1. The quantitative estimate of drug-likeness (QED) is 0.407. The lowest BCUT2D eigenvalue weighted by molar-refractivity contribution is -0.131. The third-order valence-corrected chi connectivity index (χ3v) is 2.90. The molecule has 2 aromatic rings. The van der Waals surface area contributed by atoms with Gasteiger partial charge in [0, 0.05) is 11.6 Å². The smallest absolute Gasteiger partial charge is 0.343 e. The van der Waals surface area contributed by atoms with Crippen molar-refractivity contribution in [2.24, 2.45) is 0 Å². The molecule has 0 aliphatic carbocycles. The molecule has 23 heavy (non-hydrogen) atoms. The molecule has 0 amide bonds. The number of carbonyl (C=O) groups excluding carboxylic acids is 1. The Morgan fingerprint density at radius 3 is 2.26 bits per heavy atom. The first kappa shape index (κ1) is 16.1. The highest BCUT2D eigenvalue weighted by atomic mass is 16.5. The van der Waals surface area contributed by atoms with Crippen molar-refractivity contribution in [3.63, 3.8) is 0 Å². The molecule has 0 atom stereocenters. The van der Waals surface area contributed by atoms with E-state index in [4.69, 9.17) is 9.84 Å². The molecule has 0 bridgehead atoms. The first-order valence-corrected chi connectivity index (χ1v) is 6.84. The van der Waals surface area contributed by atoms with Crippen LogP contribution in [-0.4, -0.2) is 17.0 Å². The summed E-state index contributed by atoms with van der Waals surface area (Å²) in [5.74, 6) is 4.59. The highest BCUT2D eigenvalue weighted by Crippen LogP contribution is 2.15. The minimum atomic E-state index is -1.02. The number of hydrogen-bond donors (Lipinski definition) is 1. The Morgan fingerprint density at radius 2 is 1.70 bits per heavy atom. The molecule has 2 rings (SSSR count). The Hall–Kier alpha value is -3.32. The SMILES string of the molecule is CC#Cc1ccc(C(=O)Oc2ccc(/C=C/C(=O)O)cc2)cc1. The normalized spacial score (nSPS) is 9.96. The van der Waals surface area contributed by atoms with Gasteiger partial charge in [-0.25, -0.2) is 9.59 Å². The molecule has 4 nitrogen and oxygen atoms in total. The molecule has 0 saturated carbocycles. The van der Waals surface area contributed by atoms with Crippen molar-refractivity contribution < 1.29 is 19.4 Å². The van der Waals surface area contributed by atoms with Crippen LogP contribution in [0.5, 0.6) is 5.75 Å². The first-order chi connectivity index (χ1) is 11.1. The Bertz CT molecular complexity index is 788. The first-order valence-electron chi connectivity index (χ1n) is 6.84. The standard InChI is InChI=1S/C19H14O4/c1-2-3-14-4-9-16(10-5-14)19(22)23-17-11-6-15(7-12-17)8-13-18(20)21/h4-13H,1H3,(H,20,21)/b13-8+. The average Bonchev–Trinajstić information content (AvgIpc) is 2.55. The van der Waals surface area contributed by atoms with Gasteiger partial charge in [-0.1, -0.05) is 18.1 Å². The zero-order valence-electron chi connectivity index (χ0n) is 12.4. The van der Waals surface area contributed by atoms with Crippen molar-refractivity contribution in [2.75, 3.05) is 0 Å². The minimum Gasteiger partial charge on any atom is -0.478 e. The van der Waals surface area contributed by atoms with Crippen LogP contribution in [0.15, 0.2) is 54.6 Å². The molecule has 0 heterocycles. The molecule has 0 aliphatic heterocycles. The molecule has 1 N–H and O–H groups in total. The third kappa shape index (κ3) is 4.87. The van der Waals surface area contributed by atoms with Crippen molar-refractivity contribution in [3.05, 3.63) is 71.3 Å². The molecule has 0 unspecified atom stereocenters. The summed E-state index contributed by atoms with van der Waals surface area (Å²) in [5.41, 5.74) is 1.97. The lowest BCUT2D eigenvalue weighted by Crippen LogP contribution is -2.08. The zero-order chi connectivity index (χ0) is 16.7. The average molecular weight is 306 g/mol. The second-order valence-corrected chi connectivity index (χ2v) is 4.58. The van der Waals surface area contributed by atoms with E-state index in [-0.39, 0.29) is 0 Å². The van der Waals surface area contributed by atoms with E-state index in [0.717, 1.165) is 11.6 Å². The lowest BCUT2D eigenvalue weighted by atomic mass is 10.1. The molecule has 0 radical (unpaired) electrons. The molecular weight excluding hydrogens is 292 g/mol. The third-order valence-electron chi connectivity index (χ3n) is 2.90. The van der Waals surface area contributed by atoms with Crippen LogP contribution < -0.4 is 4.74 Å². The van der Waals surface area contributed by atoms with Crippen LogP contribution in [0.1, 0.15) is 28.4 Å². The molecule has 4 heteroatoms. The maximum atomic E-state index is 12.0. The van der Waals surface area contributed by atoms with Crippen molar-refractivity contribution in [1.82, 2.24) is 0 Å². The van der Waals surface area contributed by atoms with Crippen LogP contribution in [-0.2, 0) is 4.79 Å². The number of ether oxygens (including phenoxy) is 1. The predicted octanol–water partition coefficient (Wildman–Crippen LogP) is 3.38. The fourth-order valence-corrected chi connectivity index (χ4v) is 1.81. The van der Waals surface area contributed by atoms with E-state index in [2.05, 4.69) is 11.8 Å². The van der Waals surface area contributed by atoms with Crippen molar-refractivity contribution >= 4 is 18.0 Å². The number of esters is 1. The Balaban J connectivity index is 2.04. The van der Waals surface area contributed by atoms with E-state index in [1.165, 1.54) is 6.08 Å². The number of hydrogen-bond acceptors (Lipinski definition) is 3. The second-order valence-electron chi connectivity index (χ2n) is 4.58. The monoisotopic (exact) mass is 306 g/mol. The lowest BCUT2D eigenvalue weighted by Gasteiger charge is -2.04. The van der Waals surface area contributed by atoms with Gasteiger partial charge in [-0.3, -0.25) is 0 Å². The maximum absolute atomic E-state index is 12.0. The molecule has 0 aromatic heterocycles. The summed E-state index contributed by atoms with van der Waals surface area (Å²) in [6.45, 7) is 1.75. The summed E-state index contributed by atoms with van der Waals surface area (Å²) in [6.07, 6.45) is 2.50. The Kier molecular flexibility index (Phi) is 5.32. The fourth-order valence-electron chi connectivity index (χ4n) is 1.81. The highest BCUT2D eigenvalue weighted by Gasteiger charge is 2.08. The van der Waals surface area contributed by atoms with Gasteiger partial charge in [0.2, 0.25) is 0 Å². The molecular formula is C19H14O4. The van der Waals surface area contributed by atoms with Crippen LogP contribution in [0, 0.1) is 11.8 Å². The minimum absolute atomic E-state index is 0.389. The van der Waals surface area contributed by atoms with E-state index in [0.29, 0.717) is 16.9 Å². The van der Waals surface area contributed by atoms with Gasteiger partial charge in [0.25, 0.3) is 0 Å². The molecule has 0 fully saturated rings. The van der Waals surface area contributed by atoms with E-state index in [1.54, 1.807) is 55.5 Å². The van der Waals surface area contributed by atoms with Gasteiger partial charge < -0.3 is 9.84 Å². The molecule has 2 aromatic carbocycles. The predicted molar refractivity (Wildman–Crippen MR) is 87.1 cm³/mol. The number of carbonyl (C=O) groups is 2. The summed E-state index contributed by atoms with van der Waals surface area (Å²) in [6, 6.07) is 13.4. The van der Waals surface area contributed by atoms with Gasteiger partial charge in [0.05, 0.1) is 5.56 Å². The summed E-state index contributed by atoms with van der Waals surface area (Å²) >= 11 is 0. The van der Waals surface area contributed by atoms with Gasteiger partial charge in [0.1, 0.15) is 5.75 Å².